The Morgan fingerprint density at radius 2 is 2.26 bits per heavy atom. The van der Waals surface area contributed by atoms with E-state index in [-0.39, 0.29) is 6.61 Å². The van der Waals surface area contributed by atoms with Gasteiger partial charge in [-0.05, 0) is 6.92 Å². The third-order valence-corrected chi connectivity index (χ3v) is 2.33. The van der Waals surface area contributed by atoms with E-state index in [1.807, 2.05) is 6.92 Å². The van der Waals surface area contributed by atoms with Gasteiger partial charge in [0.25, 0.3) is 0 Å². The van der Waals surface area contributed by atoms with Crippen LogP contribution in [0.15, 0.2) is 18.5 Å². The Bertz CT molecular complexity index is 542. The van der Waals surface area contributed by atoms with Gasteiger partial charge in [0, 0.05) is 19.7 Å². The molecule has 2 heterocycles. The molecule has 0 fully saturated rings. The number of hydrazine groups is 1. The smallest absolute Gasteiger partial charge is 0.224 e. The van der Waals surface area contributed by atoms with Crippen molar-refractivity contribution in [2.24, 2.45) is 5.84 Å². The Labute approximate surface area is 110 Å². The predicted molar refractivity (Wildman–Crippen MR) is 68.5 cm³/mol. The molecule has 102 valence electrons. The maximum atomic E-state index is 5.60. The third-order valence-electron chi connectivity index (χ3n) is 2.33. The van der Waals surface area contributed by atoms with Gasteiger partial charge in [0.1, 0.15) is 12.4 Å². The second kappa shape index (κ2) is 6.12. The van der Waals surface area contributed by atoms with Crippen molar-refractivity contribution in [2.75, 3.05) is 12.5 Å². The topological polar surface area (TPSA) is 100 Å². The van der Waals surface area contributed by atoms with Crippen LogP contribution in [0.5, 0.6) is 11.6 Å². The molecule has 0 aromatic carbocycles. The average molecular weight is 264 g/mol. The number of rotatable bonds is 6. The van der Waals surface area contributed by atoms with Crippen molar-refractivity contribution in [3.05, 3.63) is 24.3 Å². The van der Waals surface area contributed by atoms with E-state index in [9.17, 15) is 0 Å². The monoisotopic (exact) mass is 264 g/mol. The molecule has 0 bridgehead atoms. The fourth-order valence-electron chi connectivity index (χ4n) is 1.48. The van der Waals surface area contributed by atoms with Crippen molar-refractivity contribution in [1.82, 2.24) is 19.7 Å². The van der Waals surface area contributed by atoms with Gasteiger partial charge >= 0.3 is 0 Å². The highest BCUT2D eigenvalue weighted by atomic mass is 16.5. The van der Waals surface area contributed by atoms with Crippen molar-refractivity contribution in [2.45, 2.75) is 20.1 Å². The van der Waals surface area contributed by atoms with Crippen LogP contribution < -0.4 is 16.0 Å². The maximum absolute atomic E-state index is 5.60. The summed E-state index contributed by atoms with van der Waals surface area (Å²) in [7, 11) is 1.57. The lowest BCUT2D eigenvalue weighted by atomic mass is 10.5. The van der Waals surface area contributed by atoms with Crippen LogP contribution in [0.25, 0.3) is 0 Å². The number of hydrogen-bond acceptors (Lipinski definition) is 7. The van der Waals surface area contributed by atoms with Gasteiger partial charge in [-0.2, -0.15) is 10.1 Å². The number of nitrogen functional groups attached to an aromatic ring is 1. The first-order chi connectivity index (χ1) is 9.25. The van der Waals surface area contributed by atoms with E-state index in [4.69, 9.17) is 15.3 Å². The van der Waals surface area contributed by atoms with Crippen LogP contribution in [0.4, 0.5) is 5.82 Å². The lowest BCUT2D eigenvalue weighted by molar-refractivity contribution is 0.177. The van der Waals surface area contributed by atoms with Crippen molar-refractivity contribution in [3.63, 3.8) is 0 Å². The highest BCUT2D eigenvalue weighted by Gasteiger charge is 2.07. The number of methoxy groups -OCH3 is 1. The fraction of sp³-hybridized carbons (Fsp3) is 0.364. The van der Waals surface area contributed by atoms with Gasteiger partial charge in [0.05, 0.1) is 12.4 Å². The highest BCUT2D eigenvalue weighted by molar-refractivity contribution is 5.38. The first-order valence-electron chi connectivity index (χ1n) is 5.79. The lowest BCUT2D eigenvalue weighted by Gasteiger charge is -2.07. The summed E-state index contributed by atoms with van der Waals surface area (Å²) in [4.78, 5) is 8.34. The minimum atomic E-state index is 0.278. The Balaban J connectivity index is 2.20. The molecule has 2 rings (SSSR count). The summed E-state index contributed by atoms with van der Waals surface area (Å²) in [6, 6.07) is 1.60. The van der Waals surface area contributed by atoms with Gasteiger partial charge < -0.3 is 14.9 Å². The van der Waals surface area contributed by atoms with Crippen LogP contribution in [-0.4, -0.2) is 26.9 Å². The van der Waals surface area contributed by atoms with Crippen molar-refractivity contribution >= 4 is 5.82 Å². The fourth-order valence-corrected chi connectivity index (χ4v) is 1.48. The SMILES string of the molecule is CCn1cc(Oc2cc(NN)nc(COC)n2)cn1. The van der Waals surface area contributed by atoms with E-state index in [0.717, 1.165) is 6.54 Å². The maximum Gasteiger partial charge on any atom is 0.224 e. The molecule has 8 nitrogen and oxygen atoms in total. The molecule has 0 radical (unpaired) electrons. The van der Waals surface area contributed by atoms with E-state index in [0.29, 0.717) is 23.3 Å². The molecule has 0 spiro atoms. The number of nitrogens with two attached hydrogens (primary N) is 1. The van der Waals surface area contributed by atoms with E-state index >= 15 is 0 Å². The molecule has 3 N–H and O–H groups in total. The zero-order valence-electron chi connectivity index (χ0n) is 10.8. The third kappa shape index (κ3) is 3.39. The molecular weight excluding hydrogens is 248 g/mol. The minimum absolute atomic E-state index is 0.278. The second-order valence-electron chi connectivity index (χ2n) is 3.72. The average Bonchev–Trinajstić information content (AvgIpc) is 2.86. The standard InChI is InChI=1S/C11H16N6O2/c1-3-17-6-8(5-13-17)19-11-4-9(16-12)14-10(15-11)7-18-2/h4-6H,3,7,12H2,1-2H3,(H,14,15,16). The number of nitrogens with one attached hydrogen (secondary N) is 1. The summed E-state index contributed by atoms with van der Waals surface area (Å²) >= 11 is 0. The Morgan fingerprint density at radius 1 is 1.42 bits per heavy atom. The minimum Gasteiger partial charge on any atom is -0.436 e. The molecule has 0 aliphatic heterocycles. The van der Waals surface area contributed by atoms with Crippen LogP contribution in [0, 0.1) is 0 Å². The van der Waals surface area contributed by atoms with Gasteiger partial charge in [-0.15, -0.1) is 0 Å². The number of nitrogens with zero attached hydrogens (tertiary/aromatic N) is 4. The zero-order valence-corrected chi connectivity index (χ0v) is 10.8. The van der Waals surface area contributed by atoms with Crippen molar-refractivity contribution in [3.8, 4) is 11.6 Å². The molecule has 2 aromatic rings. The highest BCUT2D eigenvalue weighted by Crippen LogP contribution is 2.21. The Hall–Kier alpha value is -2.19. The Kier molecular flexibility index (Phi) is 4.26. The van der Waals surface area contributed by atoms with Crippen LogP contribution in [0.3, 0.4) is 0 Å². The summed E-state index contributed by atoms with van der Waals surface area (Å²) in [5, 5.41) is 4.12. The molecule has 8 heteroatoms. The van der Waals surface area contributed by atoms with Crippen molar-refractivity contribution in [1.29, 1.82) is 0 Å². The predicted octanol–water partition coefficient (Wildman–Crippen LogP) is 0.917. The van der Waals surface area contributed by atoms with Crippen LogP contribution in [0.1, 0.15) is 12.7 Å². The van der Waals surface area contributed by atoms with E-state index < -0.39 is 0 Å². The summed E-state index contributed by atoms with van der Waals surface area (Å²) in [5.41, 5.74) is 2.46. The van der Waals surface area contributed by atoms with E-state index in [1.54, 1.807) is 30.3 Å². The zero-order chi connectivity index (χ0) is 13.7. The largest absolute Gasteiger partial charge is 0.436 e. The van der Waals surface area contributed by atoms with Crippen LogP contribution in [-0.2, 0) is 17.9 Å². The molecule has 19 heavy (non-hydrogen) atoms. The van der Waals surface area contributed by atoms with Gasteiger partial charge in [0.2, 0.25) is 5.88 Å². The molecular formula is C11H16N6O2. The number of hydrogen-bond donors (Lipinski definition) is 2. The van der Waals surface area contributed by atoms with Gasteiger partial charge in [-0.3, -0.25) is 4.68 Å². The van der Waals surface area contributed by atoms with Crippen LogP contribution in [0.2, 0.25) is 0 Å². The normalized spacial score (nSPS) is 10.5. The quantitative estimate of drug-likeness (QED) is 0.591. The molecule has 0 amide bonds. The van der Waals surface area contributed by atoms with Gasteiger partial charge in [-0.1, -0.05) is 0 Å². The number of ether oxygens (including phenoxy) is 2. The molecule has 0 saturated heterocycles. The second-order valence-corrected chi connectivity index (χ2v) is 3.72. The summed E-state index contributed by atoms with van der Waals surface area (Å²) in [5.74, 6) is 7.27. The van der Waals surface area contributed by atoms with E-state index in [1.165, 1.54) is 0 Å². The summed E-state index contributed by atoms with van der Waals surface area (Å²) < 4.78 is 12.4. The number of anilines is 1. The molecule has 0 atom stereocenters. The number of aryl methyl sites for hydroxylation is 1. The summed E-state index contributed by atoms with van der Waals surface area (Å²) in [6.45, 7) is 3.05. The van der Waals surface area contributed by atoms with Crippen molar-refractivity contribution < 1.29 is 9.47 Å². The van der Waals surface area contributed by atoms with E-state index in [2.05, 4.69) is 20.5 Å². The van der Waals surface area contributed by atoms with Gasteiger partial charge in [-0.25, -0.2) is 10.8 Å². The lowest BCUT2D eigenvalue weighted by Crippen LogP contribution is -2.11. The molecule has 0 aliphatic carbocycles. The molecule has 0 aliphatic rings. The first kappa shape index (κ1) is 13.2. The van der Waals surface area contributed by atoms with Crippen LogP contribution >= 0.6 is 0 Å². The summed E-state index contributed by atoms with van der Waals surface area (Å²) in [6.07, 6.45) is 3.41. The Morgan fingerprint density at radius 3 is 2.89 bits per heavy atom. The molecule has 0 unspecified atom stereocenters. The first-order valence-corrected chi connectivity index (χ1v) is 5.79. The number of aromatic nitrogens is 4. The van der Waals surface area contributed by atoms with Gasteiger partial charge in [0.15, 0.2) is 11.6 Å². The molecule has 2 aromatic heterocycles. The molecule has 0 saturated carbocycles.